The summed E-state index contributed by atoms with van der Waals surface area (Å²) in [5.41, 5.74) is 11.5. The molecule has 0 aliphatic heterocycles. The maximum atomic E-state index is 13.7. The average Bonchev–Trinajstić information content (AvgIpc) is 2.38. The zero-order chi connectivity index (χ0) is 14.0. The van der Waals surface area contributed by atoms with Crippen LogP contribution in [0.5, 0.6) is 0 Å². The Kier molecular flexibility index (Phi) is 3.33. The molecule has 0 unspecified atom stereocenters. The molecule has 1 aromatic heterocycles. The molecule has 0 saturated carbocycles. The van der Waals surface area contributed by atoms with Crippen LogP contribution in [0.3, 0.4) is 0 Å². The van der Waals surface area contributed by atoms with E-state index < -0.39 is 5.91 Å². The highest BCUT2D eigenvalue weighted by Gasteiger charge is 2.13. The van der Waals surface area contributed by atoms with Crippen LogP contribution in [0.25, 0.3) is 0 Å². The van der Waals surface area contributed by atoms with Gasteiger partial charge in [-0.05, 0) is 18.2 Å². The number of para-hydroxylation sites is 1. The number of nitrogens with two attached hydrogens (primary N) is 2. The molecular weight excluding hydrogens is 247 g/mol. The summed E-state index contributed by atoms with van der Waals surface area (Å²) in [6.07, 6.45) is 1.33. The van der Waals surface area contributed by atoms with Gasteiger partial charge in [-0.3, -0.25) is 4.79 Å². The van der Waals surface area contributed by atoms with E-state index in [-0.39, 0.29) is 17.1 Å². The number of hydrogen-bond acceptors (Lipinski definition) is 4. The normalized spacial score (nSPS) is 10.2. The largest absolute Gasteiger partial charge is 0.397 e. The lowest BCUT2D eigenvalue weighted by molar-refractivity contribution is 0.100. The van der Waals surface area contributed by atoms with Crippen LogP contribution < -0.4 is 16.4 Å². The summed E-state index contributed by atoms with van der Waals surface area (Å²) in [4.78, 5) is 16.8. The average molecular weight is 260 g/mol. The number of hydrogen-bond donors (Lipinski definition) is 2. The fourth-order valence-corrected chi connectivity index (χ4v) is 1.70. The van der Waals surface area contributed by atoms with Gasteiger partial charge in [-0.25, -0.2) is 9.37 Å². The molecule has 0 fully saturated rings. The van der Waals surface area contributed by atoms with Crippen molar-refractivity contribution in [1.82, 2.24) is 4.98 Å². The van der Waals surface area contributed by atoms with Gasteiger partial charge >= 0.3 is 0 Å². The molecule has 6 heteroatoms. The fourth-order valence-electron chi connectivity index (χ4n) is 1.70. The topological polar surface area (TPSA) is 85.2 Å². The zero-order valence-electron chi connectivity index (χ0n) is 10.3. The van der Waals surface area contributed by atoms with Crippen molar-refractivity contribution in [3.05, 3.63) is 47.9 Å². The molecule has 4 N–H and O–H groups in total. The number of carbonyl (C=O) groups excluding carboxylic acids is 1. The smallest absolute Gasteiger partial charge is 0.250 e. The molecule has 0 saturated heterocycles. The van der Waals surface area contributed by atoms with E-state index in [1.54, 1.807) is 25.2 Å². The molecule has 0 radical (unpaired) electrons. The summed E-state index contributed by atoms with van der Waals surface area (Å²) in [5.74, 6) is -0.652. The molecule has 1 amide bonds. The first kappa shape index (κ1) is 12.8. The molecule has 0 aliphatic carbocycles. The van der Waals surface area contributed by atoms with E-state index in [0.717, 1.165) is 0 Å². The summed E-state index contributed by atoms with van der Waals surface area (Å²) in [7, 11) is 1.64. The number of anilines is 3. The molecule has 0 aliphatic rings. The SMILES string of the molecule is CN(c1cc(C(N)=O)c(N)cn1)c1ccccc1F. The third-order valence-corrected chi connectivity index (χ3v) is 2.74. The van der Waals surface area contributed by atoms with Crippen molar-refractivity contribution in [1.29, 1.82) is 0 Å². The molecule has 98 valence electrons. The number of carbonyl (C=O) groups is 1. The van der Waals surface area contributed by atoms with Crippen LogP contribution in [0.15, 0.2) is 36.5 Å². The second-order valence-corrected chi connectivity index (χ2v) is 4.00. The number of primary amides is 1. The second-order valence-electron chi connectivity index (χ2n) is 4.00. The quantitative estimate of drug-likeness (QED) is 0.879. The van der Waals surface area contributed by atoms with Gasteiger partial charge in [-0.15, -0.1) is 0 Å². The summed E-state index contributed by atoms with van der Waals surface area (Å²) < 4.78 is 13.7. The molecule has 0 atom stereocenters. The van der Waals surface area contributed by atoms with Crippen molar-refractivity contribution in [2.24, 2.45) is 5.73 Å². The molecule has 0 bridgehead atoms. The van der Waals surface area contributed by atoms with Crippen LogP contribution in [0, 0.1) is 5.82 Å². The lowest BCUT2D eigenvalue weighted by Crippen LogP contribution is -2.17. The second kappa shape index (κ2) is 4.93. The minimum absolute atomic E-state index is 0.160. The first-order chi connectivity index (χ1) is 9.00. The summed E-state index contributed by atoms with van der Waals surface area (Å²) >= 11 is 0. The van der Waals surface area contributed by atoms with Gasteiger partial charge in [0.1, 0.15) is 11.6 Å². The van der Waals surface area contributed by atoms with E-state index in [2.05, 4.69) is 4.98 Å². The molecule has 19 heavy (non-hydrogen) atoms. The van der Waals surface area contributed by atoms with Crippen LogP contribution in [0.1, 0.15) is 10.4 Å². The first-order valence-electron chi connectivity index (χ1n) is 5.54. The van der Waals surface area contributed by atoms with Crippen LogP contribution in [-0.4, -0.2) is 17.9 Å². The monoisotopic (exact) mass is 260 g/mol. The van der Waals surface area contributed by atoms with Crippen molar-refractivity contribution >= 4 is 23.1 Å². The molecule has 2 rings (SSSR count). The fraction of sp³-hybridized carbons (Fsp3) is 0.0769. The number of amides is 1. The van der Waals surface area contributed by atoms with Crippen molar-refractivity contribution < 1.29 is 9.18 Å². The molecule has 2 aromatic rings. The molecule has 5 nitrogen and oxygen atoms in total. The standard InChI is InChI=1S/C13H13FN4O/c1-18(11-5-3-2-4-9(11)14)12-6-8(13(16)19)10(15)7-17-12/h2-7H,15H2,1H3,(H2,16,19). The molecule has 0 spiro atoms. The third-order valence-electron chi connectivity index (χ3n) is 2.74. The Morgan fingerprint density at radius 3 is 2.68 bits per heavy atom. The van der Waals surface area contributed by atoms with Crippen LogP contribution in [0.4, 0.5) is 21.6 Å². The highest BCUT2D eigenvalue weighted by Crippen LogP contribution is 2.26. The van der Waals surface area contributed by atoms with E-state index in [0.29, 0.717) is 11.5 Å². The van der Waals surface area contributed by atoms with Gasteiger partial charge in [0.25, 0.3) is 5.91 Å². The number of halogens is 1. The molecular formula is C13H13FN4O. The number of pyridine rings is 1. The van der Waals surface area contributed by atoms with Crippen molar-refractivity contribution in [2.45, 2.75) is 0 Å². The van der Waals surface area contributed by atoms with Gasteiger partial charge in [0.15, 0.2) is 0 Å². The van der Waals surface area contributed by atoms with E-state index in [4.69, 9.17) is 11.5 Å². The number of aromatic nitrogens is 1. The van der Waals surface area contributed by atoms with Gasteiger partial charge in [0, 0.05) is 7.05 Å². The lowest BCUT2D eigenvalue weighted by Gasteiger charge is -2.19. The van der Waals surface area contributed by atoms with Gasteiger partial charge < -0.3 is 16.4 Å². The van der Waals surface area contributed by atoms with Gasteiger partial charge in [-0.1, -0.05) is 12.1 Å². The van der Waals surface area contributed by atoms with Gasteiger partial charge in [0.05, 0.1) is 23.1 Å². The predicted octanol–water partition coefficient (Wildman–Crippen LogP) is 1.67. The minimum Gasteiger partial charge on any atom is -0.397 e. The Hall–Kier alpha value is -2.63. The Labute approximate surface area is 109 Å². The Balaban J connectivity index is 2.45. The van der Waals surface area contributed by atoms with Crippen molar-refractivity contribution in [3.63, 3.8) is 0 Å². The number of nitrogens with zero attached hydrogens (tertiary/aromatic N) is 2. The Morgan fingerprint density at radius 2 is 2.05 bits per heavy atom. The highest BCUT2D eigenvalue weighted by atomic mass is 19.1. The Morgan fingerprint density at radius 1 is 1.37 bits per heavy atom. The third kappa shape index (κ3) is 2.47. The predicted molar refractivity (Wildman–Crippen MR) is 71.6 cm³/mol. The summed E-state index contributed by atoms with van der Waals surface area (Å²) in [6, 6.07) is 7.69. The van der Waals surface area contributed by atoms with E-state index in [9.17, 15) is 9.18 Å². The number of rotatable bonds is 3. The summed E-state index contributed by atoms with van der Waals surface area (Å²) in [5, 5.41) is 0. The first-order valence-corrected chi connectivity index (χ1v) is 5.54. The Bertz CT molecular complexity index is 630. The summed E-state index contributed by atoms with van der Waals surface area (Å²) in [6.45, 7) is 0. The lowest BCUT2D eigenvalue weighted by atomic mass is 10.2. The van der Waals surface area contributed by atoms with E-state index in [1.807, 2.05) is 0 Å². The zero-order valence-corrected chi connectivity index (χ0v) is 10.3. The molecule has 1 heterocycles. The van der Waals surface area contributed by atoms with E-state index in [1.165, 1.54) is 23.2 Å². The molecule has 1 aromatic carbocycles. The van der Waals surface area contributed by atoms with Crippen molar-refractivity contribution in [3.8, 4) is 0 Å². The number of nitrogen functional groups attached to an aromatic ring is 1. The minimum atomic E-state index is -0.650. The van der Waals surface area contributed by atoms with E-state index >= 15 is 0 Å². The van der Waals surface area contributed by atoms with Crippen LogP contribution in [-0.2, 0) is 0 Å². The maximum absolute atomic E-state index is 13.7. The van der Waals surface area contributed by atoms with Crippen molar-refractivity contribution in [2.75, 3.05) is 17.7 Å². The van der Waals surface area contributed by atoms with Crippen LogP contribution in [0.2, 0.25) is 0 Å². The van der Waals surface area contributed by atoms with Crippen LogP contribution >= 0.6 is 0 Å². The maximum Gasteiger partial charge on any atom is 0.250 e. The van der Waals surface area contributed by atoms with Gasteiger partial charge in [-0.2, -0.15) is 0 Å². The number of benzene rings is 1. The highest BCUT2D eigenvalue weighted by molar-refractivity contribution is 5.98. The van der Waals surface area contributed by atoms with Gasteiger partial charge in [0.2, 0.25) is 0 Å².